The molecule has 0 fully saturated rings. The monoisotopic (exact) mass is 338 g/mol. The van der Waals surface area contributed by atoms with Crippen LogP contribution in [0.15, 0.2) is 52.9 Å². The molecule has 0 saturated heterocycles. The summed E-state index contributed by atoms with van der Waals surface area (Å²) in [4.78, 5) is 12.3. The predicted octanol–water partition coefficient (Wildman–Crippen LogP) is 3.45. The van der Waals surface area contributed by atoms with E-state index in [2.05, 4.69) is 10.6 Å². The summed E-state index contributed by atoms with van der Waals surface area (Å²) in [5.41, 5.74) is 2.53. The first-order valence-corrected chi connectivity index (χ1v) is 8.33. The molecule has 1 heterocycles. The lowest BCUT2D eigenvalue weighted by molar-refractivity contribution is 0.0928. The van der Waals surface area contributed by atoms with Crippen molar-refractivity contribution in [2.75, 3.05) is 27.2 Å². The van der Waals surface area contributed by atoms with E-state index in [-0.39, 0.29) is 5.91 Å². The van der Waals surface area contributed by atoms with E-state index >= 15 is 0 Å². The van der Waals surface area contributed by atoms with Crippen molar-refractivity contribution in [1.29, 1.82) is 0 Å². The molecular formula is C20H22N2O3. The van der Waals surface area contributed by atoms with E-state index in [1.54, 1.807) is 13.2 Å². The first-order valence-electron chi connectivity index (χ1n) is 8.33. The number of hydrogen-bond donors (Lipinski definition) is 2. The number of ether oxygens (including phenoxy) is 1. The van der Waals surface area contributed by atoms with E-state index in [4.69, 9.17) is 9.15 Å². The van der Waals surface area contributed by atoms with Gasteiger partial charge in [0.25, 0.3) is 5.91 Å². The molecule has 0 aliphatic rings. The van der Waals surface area contributed by atoms with Gasteiger partial charge in [-0.05, 0) is 32.1 Å². The van der Waals surface area contributed by atoms with Crippen LogP contribution >= 0.6 is 0 Å². The molecular weight excluding hydrogens is 316 g/mol. The minimum atomic E-state index is -0.196. The Bertz CT molecular complexity index is 870. The van der Waals surface area contributed by atoms with E-state index in [0.717, 1.165) is 35.2 Å². The van der Waals surface area contributed by atoms with Crippen molar-refractivity contribution in [2.24, 2.45) is 0 Å². The molecule has 0 bridgehead atoms. The lowest BCUT2D eigenvalue weighted by atomic mass is 10.0. The van der Waals surface area contributed by atoms with Gasteiger partial charge in [-0.15, -0.1) is 0 Å². The molecule has 25 heavy (non-hydrogen) atoms. The molecule has 1 amide bonds. The summed E-state index contributed by atoms with van der Waals surface area (Å²) in [7, 11) is 3.53. The summed E-state index contributed by atoms with van der Waals surface area (Å²) < 4.78 is 11.3. The third-order valence-corrected chi connectivity index (χ3v) is 4.05. The molecule has 2 aromatic carbocycles. The minimum absolute atomic E-state index is 0.196. The number of rotatable bonds is 7. The van der Waals surface area contributed by atoms with E-state index < -0.39 is 0 Å². The minimum Gasteiger partial charge on any atom is -0.496 e. The van der Waals surface area contributed by atoms with Gasteiger partial charge in [-0.2, -0.15) is 0 Å². The second-order valence-corrected chi connectivity index (χ2v) is 5.75. The molecule has 1 aromatic heterocycles. The highest BCUT2D eigenvalue weighted by Crippen LogP contribution is 2.36. The Morgan fingerprint density at radius 2 is 1.88 bits per heavy atom. The topological polar surface area (TPSA) is 63.5 Å². The standard InChI is InChI=1S/C20H22N2O3/c1-21-11-6-12-22-20(23)18-13-14-7-5-9-16(19(14)25-18)15-8-3-4-10-17(15)24-2/h3-5,7-10,13,21H,6,11-12H2,1-2H3,(H,22,23). The Morgan fingerprint density at radius 3 is 2.68 bits per heavy atom. The third kappa shape index (κ3) is 3.67. The van der Waals surface area contributed by atoms with Gasteiger partial charge in [0.05, 0.1) is 7.11 Å². The molecule has 3 rings (SSSR count). The molecule has 0 aliphatic heterocycles. The first kappa shape index (κ1) is 17.0. The van der Waals surface area contributed by atoms with Crippen LogP contribution in [0, 0.1) is 0 Å². The summed E-state index contributed by atoms with van der Waals surface area (Å²) >= 11 is 0. The zero-order chi connectivity index (χ0) is 17.6. The maximum atomic E-state index is 12.3. The highest BCUT2D eigenvalue weighted by atomic mass is 16.5. The Labute approximate surface area is 147 Å². The van der Waals surface area contributed by atoms with Crippen LogP contribution < -0.4 is 15.4 Å². The number of hydrogen-bond acceptors (Lipinski definition) is 4. The molecule has 0 spiro atoms. The van der Waals surface area contributed by atoms with Gasteiger partial charge in [0.1, 0.15) is 11.3 Å². The Kier molecular flexibility index (Phi) is 5.36. The van der Waals surface area contributed by atoms with Crippen LogP contribution in [0.3, 0.4) is 0 Å². The number of para-hydroxylation sites is 2. The molecule has 2 N–H and O–H groups in total. The van der Waals surface area contributed by atoms with Gasteiger partial charge in [-0.25, -0.2) is 0 Å². The fourth-order valence-electron chi connectivity index (χ4n) is 2.81. The highest BCUT2D eigenvalue weighted by Gasteiger charge is 2.16. The van der Waals surface area contributed by atoms with Crippen molar-refractivity contribution in [3.63, 3.8) is 0 Å². The normalized spacial score (nSPS) is 10.8. The van der Waals surface area contributed by atoms with Crippen LogP contribution in [0.2, 0.25) is 0 Å². The van der Waals surface area contributed by atoms with Gasteiger partial charge in [0.15, 0.2) is 5.76 Å². The molecule has 0 aliphatic carbocycles. The highest BCUT2D eigenvalue weighted by molar-refractivity contribution is 6.00. The van der Waals surface area contributed by atoms with Crippen LogP contribution in [-0.4, -0.2) is 33.2 Å². The molecule has 0 saturated carbocycles. The van der Waals surface area contributed by atoms with Crippen molar-refractivity contribution in [3.8, 4) is 16.9 Å². The Balaban J connectivity index is 1.92. The fraction of sp³-hybridized carbons (Fsp3) is 0.250. The maximum Gasteiger partial charge on any atom is 0.287 e. The van der Waals surface area contributed by atoms with Crippen molar-refractivity contribution < 1.29 is 13.9 Å². The lowest BCUT2D eigenvalue weighted by Gasteiger charge is -2.08. The molecule has 0 unspecified atom stereocenters. The van der Waals surface area contributed by atoms with Crippen molar-refractivity contribution in [2.45, 2.75) is 6.42 Å². The van der Waals surface area contributed by atoms with E-state index in [0.29, 0.717) is 17.9 Å². The Hall–Kier alpha value is -2.79. The molecule has 5 heteroatoms. The van der Waals surface area contributed by atoms with E-state index in [1.165, 1.54) is 0 Å². The average molecular weight is 338 g/mol. The summed E-state index contributed by atoms with van der Waals surface area (Å²) in [6.07, 6.45) is 0.870. The van der Waals surface area contributed by atoms with Crippen LogP contribution in [0.1, 0.15) is 17.0 Å². The predicted molar refractivity (Wildman–Crippen MR) is 99.1 cm³/mol. The molecule has 0 radical (unpaired) electrons. The van der Waals surface area contributed by atoms with Crippen LogP contribution in [0.4, 0.5) is 0 Å². The Morgan fingerprint density at radius 1 is 1.08 bits per heavy atom. The number of carbonyl (C=O) groups is 1. The van der Waals surface area contributed by atoms with Crippen LogP contribution in [0.25, 0.3) is 22.1 Å². The molecule has 0 atom stereocenters. The quantitative estimate of drug-likeness (QED) is 0.648. The van der Waals surface area contributed by atoms with Crippen LogP contribution in [-0.2, 0) is 0 Å². The van der Waals surface area contributed by atoms with Crippen molar-refractivity contribution >= 4 is 16.9 Å². The van der Waals surface area contributed by atoms with E-state index in [1.807, 2.05) is 49.5 Å². The van der Waals surface area contributed by atoms with Gasteiger partial charge in [0, 0.05) is 23.1 Å². The van der Waals surface area contributed by atoms with Gasteiger partial charge in [-0.1, -0.05) is 36.4 Å². The number of methoxy groups -OCH3 is 1. The number of amides is 1. The zero-order valence-electron chi connectivity index (χ0n) is 14.5. The second kappa shape index (κ2) is 7.85. The smallest absolute Gasteiger partial charge is 0.287 e. The number of carbonyl (C=O) groups excluding carboxylic acids is 1. The first-order chi connectivity index (χ1) is 12.2. The van der Waals surface area contributed by atoms with E-state index in [9.17, 15) is 4.79 Å². The van der Waals surface area contributed by atoms with Gasteiger partial charge < -0.3 is 19.8 Å². The number of fused-ring (bicyclic) bond motifs is 1. The van der Waals surface area contributed by atoms with Gasteiger partial charge in [-0.3, -0.25) is 4.79 Å². The molecule has 5 nitrogen and oxygen atoms in total. The fourth-order valence-corrected chi connectivity index (χ4v) is 2.81. The van der Waals surface area contributed by atoms with Gasteiger partial charge >= 0.3 is 0 Å². The number of furan rings is 1. The summed E-state index contributed by atoms with van der Waals surface area (Å²) in [5.74, 6) is 0.893. The third-order valence-electron chi connectivity index (χ3n) is 4.05. The number of benzene rings is 2. The van der Waals surface area contributed by atoms with Crippen LogP contribution in [0.5, 0.6) is 5.75 Å². The van der Waals surface area contributed by atoms with Crippen molar-refractivity contribution in [3.05, 3.63) is 54.3 Å². The summed E-state index contributed by atoms with van der Waals surface area (Å²) in [5, 5.41) is 6.82. The molecule has 3 aromatic rings. The summed E-state index contributed by atoms with van der Waals surface area (Å²) in [6.45, 7) is 1.47. The zero-order valence-corrected chi connectivity index (χ0v) is 14.5. The SMILES string of the molecule is CNCCCNC(=O)c1cc2cccc(-c3ccccc3OC)c2o1. The largest absolute Gasteiger partial charge is 0.496 e. The maximum absolute atomic E-state index is 12.3. The molecule has 130 valence electrons. The van der Waals surface area contributed by atoms with Crippen molar-refractivity contribution in [1.82, 2.24) is 10.6 Å². The average Bonchev–Trinajstić information content (AvgIpc) is 3.09. The van der Waals surface area contributed by atoms with Gasteiger partial charge in [0.2, 0.25) is 0 Å². The second-order valence-electron chi connectivity index (χ2n) is 5.75. The number of nitrogens with one attached hydrogen (secondary N) is 2. The lowest BCUT2D eigenvalue weighted by Crippen LogP contribution is -2.26. The summed E-state index contributed by atoms with van der Waals surface area (Å²) in [6, 6.07) is 15.4.